The SMILES string of the molecule is CC(C)(C)OC(=O)N1c2ccccc2NC1OC1CC2CC(=O)CC2C1. The van der Waals surface area contributed by atoms with Gasteiger partial charge in [-0.2, -0.15) is 0 Å². The van der Waals surface area contributed by atoms with Gasteiger partial charge in [-0.3, -0.25) is 4.79 Å². The second-order valence-corrected chi connectivity index (χ2v) is 8.56. The van der Waals surface area contributed by atoms with Gasteiger partial charge in [0, 0.05) is 12.8 Å². The minimum Gasteiger partial charge on any atom is -0.443 e. The molecule has 3 atom stereocenters. The summed E-state index contributed by atoms with van der Waals surface area (Å²) < 4.78 is 11.9. The maximum absolute atomic E-state index is 12.8. The number of fused-ring (bicyclic) bond motifs is 2. The molecule has 0 bridgehead atoms. The number of nitrogens with one attached hydrogen (secondary N) is 1. The standard InChI is InChI=1S/C20H26N2O4/c1-20(2,3)26-19(24)22-17-7-5-4-6-16(17)21-18(22)25-15-10-12-8-14(23)9-13(12)11-15/h4-7,12-13,15,18,21H,8-11H2,1-3H3. The zero-order valence-electron chi connectivity index (χ0n) is 15.5. The number of para-hydroxylation sites is 2. The molecule has 1 heterocycles. The summed E-state index contributed by atoms with van der Waals surface area (Å²) in [6.45, 7) is 5.56. The fraction of sp³-hybridized carbons (Fsp3) is 0.600. The lowest BCUT2D eigenvalue weighted by Crippen LogP contribution is -2.46. The largest absolute Gasteiger partial charge is 0.443 e. The predicted molar refractivity (Wildman–Crippen MR) is 97.9 cm³/mol. The van der Waals surface area contributed by atoms with E-state index in [-0.39, 0.29) is 6.10 Å². The number of benzene rings is 1. The molecule has 6 heteroatoms. The number of amides is 1. The molecular weight excluding hydrogens is 332 g/mol. The van der Waals surface area contributed by atoms with Gasteiger partial charge in [-0.1, -0.05) is 12.1 Å². The summed E-state index contributed by atoms with van der Waals surface area (Å²) in [6.07, 6.45) is 2.17. The van der Waals surface area contributed by atoms with E-state index in [0.29, 0.717) is 30.5 Å². The van der Waals surface area contributed by atoms with Crippen molar-refractivity contribution in [3.05, 3.63) is 24.3 Å². The summed E-state index contributed by atoms with van der Waals surface area (Å²) in [5.41, 5.74) is 1.04. The van der Waals surface area contributed by atoms with Crippen LogP contribution in [0.3, 0.4) is 0 Å². The van der Waals surface area contributed by atoms with Crippen molar-refractivity contribution in [3.63, 3.8) is 0 Å². The van der Waals surface area contributed by atoms with Gasteiger partial charge in [0.05, 0.1) is 17.5 Å². The van der Waals surface area contributed by atoms with E-state index in [1.54, 1.807) is 4.90 Å². The third-order valence-electron chi connectivity index (χ3n) is 5.37. The molecule has 1 aromatic carbocycles. The van der Waals surface area contributed by atoms with E-state index >= 15 is 0 Å². The Kier molecular flexibility index (Phi) is 4.18. The van der Waals surface area contributed by atoms with E-state index in [0.717, 1.165) is 24.2 Å². The van der Waals surface area contributed by atoms with Crippen LogP contribution in [0.2, 0.25) is 0 Å². The second-order valence-electron chi connectivity index (χ2n) is 8.56. The van der Waals surface area contributed by atoms with Crippen LogP contribution in [-0.4, -0.2) is 29.9 Å². The number of ether oxygens (including phenoxy) is 2. The first-order valence-electron chi connectivity index (χ1n) is 9.35. The first-order valence-corrected chi connectivity index (χ1v) is 9.35. The van der Waals surface area contributed by atoms with Crippen molar-refractivity contribution in [1.29, 1.82) is 0 Å². The number of hydrogen-bond acceptors (Lipinski definition) is 5. The van der Waals surface area contributed by atoms with E-state index in [1.165, 1.54) is 0 Å². The molecule has 0 radical (unpaired) electrons. The predicted octanol–water partition coefficient (Wildman–Crippen LogP) is 3.91. The van der Waals surface area contributed by atoms with Crippen LogP contribution >= 0.6 is 0 Å². The molecule has 2 fully saturated rings. The van der Waals surface area contributed by atoms with Crippen molar-refractivity contribution < 1.29 is 19.1 Å². The van der Waals surface area contributed by atoms with Gasteiger partial charge in [0.2, 0.25) is 6.35 Å². The number of carbonyl (C=O) groups is 2. The molecule has 1 amide bonds. The van der Waals surface area contributed by atoms with E-state index in [1.807, 2.05) is 45.0 Å². The fourth-order valence-corrected chi connectivity index (χ4v) is 4.35. The van der Waals surface area contributed by atoms with E-state index in [2.05, 4.69) is 5.32 Å². The van der Waals surface area contributed by atoms with Crippen molar-refractivity contribution in [1.82, 2.24) is 0 Å². The molecule has 26 heavy (non-hydrogen) atoms. The van der Waals surface area contributed by atoms with Gasteiger partial charge in [-0.05, 0) is 57.6 Å². The van der Waals surface area contributed by atoms with Gasteiger partial charge in [-0.25, -0.2) is 9.69 Å². The molecule has 4 rings (SSSR count). The minimum absolute atomic E-state index is 0.0508. The Morgan fingerprint density at radius 2 is 1.81 bits per heavy atom. The Morgan fingerprint density at radius 1 is 1.15 bits per heavy atom. The topological polar surface area (TPSA) is 67.9 Å². The van der Waals surface area contributed by atoms with E-state index < -0.39 is 18.0 Å². The Morgan fingerprint density at radius 3 is 2.46 bits per heavy atom. The number of ketones is 1. The Labute approximate surface area is 153 Å². The molecule has 3 aliphatic rings. The van der Waals surface area contributed by atoms with Crippen LogP contribution in [-0.2, 0) is 14.3 Å². The van der Waals surface area contributed by atoms with Gasteiger partial charge >= 0.3 is 6.09 Å². The van der Waals surface area contributed by atoms with E-state index in [4.69, 9.17) is 9.47 Å². The molecule has 1 N–H and O–H groups in total. The monoisotopic (exact) mass is 358 g/mol. The van der Waals surface area contributed by atoms with Crippen molar-refractivity contribution >= 4 is 23.3 Å². The van der Waals surface area contributed by atoms with Gasteiger partial charge < -0.3 is 14.8 Å². The molecule has 3 unspecified atom stereocenters. The second kappa shape index (κ2) is 6.27. The van der Waals surface area contributed by atoms with Crippen molar-refractivity contribution in [2.24, 2.45) is 11.8 Å². The number of carbonyl (C=O) groups excluding carboxylic acids is 2. The quantitative estimate of drug-likeness (QED) is 0.868. The molecule has 1 aromatic rings. The highest BCUT2D eigenvalue weighted by Crippen LogP contribution is 2.45. The maximum Gasteiger partial charge on any atom is 0.418 e. The first kappa shape index (κ1) is 17.3. The number of anilines is 2. The molecule has 0 aromatic heterocycles. The molecule has 2 saturated carbocycles. The highest BCUT2D eigenvalue weighted by molar-refractivity contribution is 5.96. The number of hydrogen-bond donors (Lipinski definition) is 1. The van der Waals surface area contributed by atoms with Crippen LogP contribution in [0.25, 0.3) is 0 Å². The summed E-state index contributed by atoms with van der Waals surface area (Å²) >= 11 is 0. The fourth-order valence-electron chi connectivity index (χ4n) is 4.35. The lowest BCUT2D eigenvalue weighted by atomic mass is 10.0. The third-order valence-corrected chi connectivity index (χ3v) is 5.37. The van der Waals surface area contributed by atoms with Crippen molar-refractivity contribution in [2.75, 3.05) is 10.2 Å². The lowest BCUT2D eigenvalue weighted by Gasteiger charge is -2.30. The van der Waals surface area contributed by atoms with Gasteiger partial charge in [0.1, 0.15) is 11.4 Å². The Balaban J connectivity index is 1.50. The summed E-state index contributed by atoms with van der Waals surface area (Å²) in [5, 5.41) is 3.29. The van der Waals surface area contributed by atoms with Crippen LogP contribution < -0.4 is 10.2 Å². The summed E-state index contributed by atoms with van der Waals surface area (Å²) in [7, 11) is 0. The molecule has 2 aliphatic carbocycles. The zero-order valence-corrected chi connectivity index (χ0v) is 15.5. The first-order chi connectivity index (χ1) is 12.3. The van der Waals surface area contributed by atoms with Crippen molar-refractivity contribution in [2.45, 2.75) is 64.5 Å². The maximum atomic E-state index is 12.8. The average Bonchev–Trinajstić information content (AvgIpc) is 3.15. The minimum atomic E-state index is -0.582. The highest BCUT2D eigenvalue weighted by Gasteiger charge is 2.44. The Bertz CT molecular complexity index is 711. The molecule has 6 nitrogen and oxygen atoms in total. The summed E-state index contributed by atoms with van der Waals surface area (Å²) in [4.78, 5) is 25.9. The summed E-state index contributed by atoms with van der Waals surface area (Å²) in [6, 6.07) is 7.63. The van der Waals surface area contributed by atoms with Crippen LogP contribution in [0, 0.1) is 11.8 Å². The molecule has 1 aliphatic heterocycles. The normalized spacial score (nSPS) is 30.1. The smallest absolute Gasteiger partial charge is 0.418 e. The number of nitrogens with zero attached hydrogens (tertiary/aromatic N) is 1. The number of rotatable bonds is 2. The van der Waals surface area contributed by atoms with Gasteiger partial charge in [0.15, 0.2) is 0 Å². The molecular formula is C20H26N2O4. The zero-order chi connectivity index (χ0) is 18.5. The van der Waals surface area contributed by atoms with Crippen LogP contribution in [0.1, 0.15) is 46.5 Å². The van der Waals surface area contributed by atoms with Crippen molar-refractivity contribution in [3.8, 4) is 0 Å². The number of Topliss-reactive ketones (excluding diaryl/α,β-unsaturated/α-hetero) is 1. The third kappa shape index (κ3) is 3.30. The van der Waals surface area contributed by atoms with Crippen LogP contribution in [0.15, 0.2) is 24.3 Å². The average molecular weight is 358 g/mol. The van der Waals surface area contributed by atoms with E-state index in [9.17, 15) is 9.59 Å². The summed E-state index contributed by atoms with van der Waals surface area (Å²) in [5.74, 6) is 1.25. The lowest BCUT2D eigenvalue weighted by molar-refractivity contribution is -0.118. The molecule has 0 saturated heterocycles. The van der Waals surface area contributed by atoms with Gasteiger partial charge in [-0.15, -0.1) is 0 Å². The molecule has 140 valence electrons. The van der Waals surface area contributed by atoms with Crippen LogP contribution in [0.4, 0.5) is 16.2 Å². The van der Waals surface area contributed by atoms with Crippen LogP contribution in [0.5, 0.6) is 0 Å². The Hall–Kier alpha value is -2.08. The van der Waals surface area contributed by atoms with Gasteiger partial charge in [0.25, 0.3) is 0 Å². The molecule has 0 spiro atoms. The highest BCUT2D eigenvalue weighted by atomic mass is 16.6.